The third kappa shape index (κ3) is 4.11. The molecule has 1 atom stereocenters. The smallest absolute Gasteiger partial charge is 0.321 e. The van der Waals surface area contributed by atoms with Crippen LogP contribution in [0.4, 0.5) is 10.5 Å². The molecule has 1 aliphatic rings. The summed E-state index contributed by atoms with van der Waals surface area (Å²) in [4.78, 5) is 24.4. The van der Waals surface area contributed by atoms with Gasteiger partial charge in [-0.15, -0.1) is 0 Å². The van der Waals surface area contributed by atoms with Crippen molar-refractivity contribution >= 4 is 17.7 Å². The van der Waals surface area contributed by atoms with Gasteiger partial charge in [0.1, 0.15) is 5.75 Å². The summed E-state index contributed by atoms with van der Waals surface area (Å²) in [5, 5.41) is 11.7. The monoisotopic (exact) mass is 292 g/mol. The first kappa shape index (κ1) is 15.2. The number of hydrogen-bond donors (Lipinski definition) is 2. The van der Waals surface area contributed by atoms with Gasteiger partial charge in [0, 0.05) is 18.8 Å². The summed E-state index contributed by atoms with van der Waals surface area (Å²) in [6.45, 7) is 4.62. The number of likely N-dealkylation sites (tertiary alicyclic amines) is 1. The Morgan fingerprint density at radius 2 is 2.00 bits per heavy atom. The number of rotatable bonds is 4. The quantitative estimate of drug-likeness (QED) is 0.893. The topological polar surface area (TPSA) is 78.9 Å². The van der Waals surface area contributed by atoms with E-state index in [2.05, 4.69) is 5.32 Å². The van der Waals surface area contributed by atoms with Crippen molar-refractivity contribution in [3.8, 4) is 5.75 Å². The molecule has 2 N–H and O–H groups in total. The molecule has 1 saturated heterocycles. The van der Waals surface area contributed by atoms with Crippen LogP contribution in [0, 0.1) is 5.92 Å². The fraction of sp³-hybridized carbons (Fsp3) is 0.467. The second-order valence-corrected chi connectivity index (χ2v) is 5.39. The zero-order valence-electron chi connectivity index (χ0n) is 12.2. The van der Waals surface area contributed by atoms with Gasteiger partial charge in [0.25, 0.3) is 0 Å². The molecule has 0 radical (unpaired) electrons. The van der Waals surface area contributed by atoms with E-state index in [1.165, 1.54) is 4.90 Å². The molecule has 1 aromatic rings. The summed E-state index contributed by atoms with van der Waals surface area (Å²) in [6.07, 6.45) is 0.604. The molecular weight excluding hydrogens is 272 g/mol. The minimum Gasteiger partial charge on any atom is -0.491 e. The van der Waals surface area contributed by atoms with E-state index in [1.807, 2.05) is 13.8 Å². The van der Waals surface area contributed by atoms with E-state index in [9.17, 15) is 9.59 Å². The molecule has 6 nitrogen and oxygen atoms in total. The van der Waals surface area contributed by atoms with Crippen LogP contribution in [-0.2, 0) is 4.79 Å². The van der Waals surface area contributed by atoms with Crippen molar-refractivity contribution in [1.82, 2.24) is 4.90 Å². The molecule has 0 saturated carbocycles. The molecule has 0 aliphatic carbocycles. The Hall–Kier alpha value is -2.24. The SMILES string of the molecule is CC(C)Oc1ccc(NC(=O)N2CCC(C(=O)O)C2)cc1. The maximum absolute atomic E-state index is 12.0. The van der Waals surface area contributed by atoms with Gasteiger partial charge in [-0.3, -0.25) is 4.79 Å². The first-order valence-corrected chi connectivity index (χ1v) is 7.01. The minimum atomic E-state index is -0.847. The molecule has 2 rings (SSSR count). The van der Waals surface area contributed by atoms with Crippen molar-refractivity contribution in [3.05, 3.63) is 24.3 Å². The Labute approximate surface area is 123 Å². The zero-order chi connectivity index (χ0) is 15.4. The molecular formula is C15H20N2O4. The summed E-state index contributed by atoms with van der Waals surface area (Å²) in [5.41, 5.74) is 0.662. The number of carboxylic acid groups (broad SMARTS) is 1. The first-order valence-electron chi connectivity index (χ1n) is 7.01. The summed E-state index contributed by atoms with van der Waals surface area (Å²) >= 11 is 0. The summed E-state index contributed by atoms with van der Waals surface area (Å²) in [7, 11) is 0. The van der Waals surface area contributed by atoms with Crippen molar-refractivity contribution in [2.75, 3.05) is 18.4 Å². The number of carbonyl (C=O) groups is 2. The maximum Gasteiger partial charge on any atom is 0.321 e. The van der Waals surface area contributed by atoms with Crippen LogP contribution in [0.1, 0.15) is 20.3 Å². The van der Waals surface area contributed by atoms with Gasteiger partial charge in [-0.25, -0.2) is 4.79 Å². The summed E-state index contributed by atoms with van der Waals surface area (Å²) < 4.78 is 5.53. The van der Waals surface area contributed by atoms with E-state index in [1.54, 1.807) is 24.3 Å². The van der Waals surface area contributed by atoms with E-state index in [0.29, 0.717) is 18.7 Å². The lowest BCUT2D eigenvalue weighted by molar-refractivity contribution is -0.141. The van der Waals surface area contributed by atoms with Crippen LogP contribution in [0.25, 0.3) is 0 Å². The van der Waals surface area contributed by atoms with Gasteiger partial charge in [0.05, 0.1) is 12.0 Å². The van der Waals surface area contributed by atoms with Crippen LogP contribution < -0.4 is 10.1 Å². The van der Waals surface area contributed by atoms with Gasteiger partial charge in [-0.1, -0.05) is 0 Å². The zero-order valence-corrected chi connectivity index (χ0v) is 12.2. The van der Waals surface area contributed by atoms with Gasteiger partial charge < -0.3 is 20.1 Å². The molecule has 0 bridgehead atoms. The number of amides is 2. The van der Waals surface area contributed by atoms with Crippen LogP contribution in [0.3, 0.4) is 0 Å². The highest BCUT2D eigenvalue weighted by Crippen LogP contribution is 2.20. The van der Waals surface area contributed by atoms with Crippen LogP contribution in [0.5, 0.6) is 5.75 Å². The number of anilines is 1. The first-order chi connectivity index (χ1) is 9.95. The largest absolute Gasteiger partial charge is 0.491 e. The number of urea groups is 1. The predicted molar refractivity (Wildman–Crippen MR) is 78.5 cm³/mol. The number of benzene rings is 1. The summed E-state index contributed by atoms with van der Waals surface area (Å²) in [6, 6.07) is 6.84. The molecule has 1 aromatic carbocycles. The Bertz CT molecular complexity index is 513. The molecule has 0 aromatic heterocycles. The summed E-state index contributed by atoms with van der Waals surface area (Å²) in [5.74, 6) is -0.562. The molecule has 1 aliphatic heterocycles. The maximum atomic E-state index is 12.0. The number of ether oxygens (including phenoxy) is 1. The number of nitrogens with one attached hydrogen (secondary N) is 1. The molecule has 1 fully saturated rings. The number of carbonyl (C=O) groups excluding carboxylic acids is 1. The molecule has 1 heterocycles. The third-order valence-electron chi connectivity index (χ3n) is 3.30. The lowest BCUT2D eigenvalue weighted by atomic mass is 10.1. The van der Waals surface area contributed by atoms with Crippen molar-refractivity contribution < 1.29 is 19.4 Å². The van der Waals surface area contributed by atoms with E-state index >= 15 is 0 Å². The highest BCUT2D eigenvalue weighted by atomic mass is 16.5. The standard InChI is InChI=1S/C15H20N2O4/c1-10(2)21-13-5-3-12(4-6-13)16-15(20)17-8-7-11(9-17)14(18)19/h3-6,10-11H,7-9H2,1-2H3,(H,16,20)(H,18,19). The Morgan fingerprint density at radius 1 is 1.33 bits per heavy atom. The van der Waals surface area contributed by atoms with Crippen LogP contribution >= 0.6 is 0 Å². The number of hydrogen-bond acceptors (Lipinski definition) is 3. The van der Waals surface area contributed by atoms with Crippen LogP contribution in [0.2, 0.25) is 0 Å². The van der Waals surface area contributed by atoms with Gasteiger partial charge in [-0.2, -0.15) is 0 Å². The highest BCUT2D eigenvalue weighted by molar-refractivity contribution is 5.90. The predicted octanol–water partition coefficient (Wildman–Crippen LogP) is 2.41. The van der Waals surface area contributed by atoms with E-state index in [-0.39, 0.29) is 18.7 Å². The number of aliphatic carboxylic acids is 1. The Kier molecular flexibility index (Phi) is 4.67. The van der Waals surface area contributed by atoms with Crippen LogP contribution in [0.15, 0.2) is 24.3 Å². The Balaban J connectivity index is 1.89. The number of carboxylic acids is 1. The van der Waals surface area contributed by atoms with Gasteiger partial charge in [0.15, 0.2) is 0 Å². The number of nitrogens with zero attached hydrogens (tertiary/aromatic N) is 1. The van der Waals surface area contributed by atoms with Crippen molar-refractivity contribution in [2.45, 2.75) is 26.4 Å². The fourth-order valence-corrected chi connectivity index (χ4v) is 2.24. The molecule has 1 unspecified atom stereocenters. The fourth-order valence-electron chi connectivity index (χ4n) is 2.24. The molecule has 6 heteroatoms. The second-order valence-electron chi connectivity index (χ2n) is 5.39. The molecule has 21 heavy (non-hydrogen) atoms. The van der Waals surface area contributed by atoms with Gasteiger partial charge >= 0.3 is 12.0 Å². The van der Waals surface area contributed by atoms with Crippen molar-refractivity contribution in [2.24, 2.45) is 5.92 Å². The van der Waals surface area contributed by atoms with Crippen molar-refractivity contribution in [1.29, 1.82) is 0 Å². The lowest BCUT2D eigenvalue weighted by Crippen LogP contribution is -2.33. The third-order valence-corrected chi connectivity index (χ3v) is 3.30. The average Bonchev–Trinajstić information content (AvgIpc) is 2.90. The average molecular weight is 292 g/mol. The molecule has 0 spiro atoms. The highest BCUT2D eigenvalue weighted by Gasteiger charge is 2.30. The minimum absolute atomic E-state index is 0.1000. The second kappa shape index (κ2) is 6.47. The lowest BCUT2D eigenvalue weighted by Gasteiger charge is -2.17. The Morgan fingerprint density at radius 3 is 2.52 bits per heavy atom. The van der Waals surface area contributed by atoms with E-state index in [4.69, 9.17) is 9.84 Å². The molecule has 114 valence electrons. The van der Waals surface area contributed by atoms with Crippen molar-refractivity contribution in [3.63, 3.8) is 0 Å². The van der Waals surface area contributed by atoms with E-state index in [0.717, 1.165) is 5.75 Å². The van der Waals surface area contributed by atoms with Gasteiger partial charge in [0.2, 0.25) is 0 Å². The van der Waals surface area contributed by atoms with Crippen LogP contribution in [-0.4, -0.2) is 41.2 Å². The normalized spacial score (nSPS) is 17.9. The molecule has 2 amide bonds. The van der Waals surface area contributed by atoms with Gasteiger partial charge in [-0.05, 0) is 44.5 Å². The van der Waals surface area contributed by atoms with E-state index < -0.39 is 11.9 Å².